The Morgan fingerprint density at radius 3 is 3.15 bits per heavy atom. The topological polar surface area (TPSA) is 62.7 Å². The molecule has 0 bridgehead atoms. The third-order valence-corrected chi connectivity index (χ3v) is 1.72. The Kier molecular flexibility index (Phi) is 3.04. The van der Waals surface area contributed by atoms with Gasteiger partial charge in [-0.2, -0.15) is 5.26 Å². The maximum Gasteiger partial charge on any atom is 0.0858 e. The number of allylic oxidation sites excluding steroid dienone is 1. The van der Waals surface area contributed by atoms with Crippen molar-refractivity contribution in [1.29, 1.82) is 5.26 Å². The van der Waals surface area contributed by atoms with Gasteiger partial charge in [0.05, 0.1) is 23.9 Å². The van der Waals surface area contributed by atoms with E-state index in [1.54, 1.807) is 18.3 Å². The van der Waals surface area contributed by atoms with Crippen molar-refractivity contribution in [1.82, 2.24) is 4.98 Å². The quantitative estimate of drug-likeness (QED) is 0.742. The summed E-state index contributed by atoms with van der Waals surface area (Å²) in [7, 11) is 0. The van der Waals surface area contributed by atoms with Crippen LogP contribution in [0.1, 0.15) is 17.7 Å². The van der Waals surface area contributed by atoms with E-state index < -0.39 is 0 Å². The Morgan fingerprint density at radius 1 is 1.69 bits per heavy atom. The van der Waals surface area contributed by atoms with Crippen molar-refractivity contribution in [2.45, 2.75) is 13.3 Å². The van der Waals surface area contributed by atoms with Gasteiger partial charge in [-0.15, -0.1) is 0 Å². The van der Waals surface area contributed by atoms with Gasteiger partial charge in [0.25, 0.3) is 0 Å². The van der Waals surface area contributed by atoms with Crippen LogP contribution in [0.2, 0.25) is 0 Å². The number of aryl methyl sites for hydroxylation is 1. The molecule has 0 aliphatic heterocycles. The van der Waals surface area contributed by atoms with Crippen LogP contribution in [0.4, 0.5) is 5.69 Å². The summed E-state index contributed by atoms with van der Waals surface area (Å²) in [5.74, 6) is 0. The minimum atomic E-state index is 0.384. The smallest absolute Gasteiger partial charge is 0.0858 e. The van der Waals surface area contributed by atoms with Crippen molar-refractivity contribution >= 4 is 11.8 Å². The van der Waals surface area contributed by atoms with Crippen molar-refractivity contribution in [2.24, 2.45) is 0 Å². The molecule has 3 heteroatoms. The lowest BCUT2D eigenvalue weighted by atomic mass is 10.2. The van der Waals surface area contributed by atoms with Gasteiger partial charge in [-0.1, -0.05) is 6.08 Å². The highest BCUT2D eigenvalue weighted by molar-refractivity contribution is 5.63. The first-order chi connectivity index (χ1) is 6.25. The lowest BCUT2D eigenvalue weighted by Gasteiger charge is -2.01. The monoisotopic (exact) mass is 173 g/mol. The van der Waals surface area contributed by atoms with E-state index >= 15 is 0 Å². The van der Waals surface area contributed by atoms with E-state index in [9.17, 15) is 0 Å². The lowest BCUT2D eigenvalue weighted by Crippen LogP contribution is -1.95. The van der Waals surface area contributed by atoms with Crippen LogP contribution >= 0.6 is 0 Å². The van der Waals surface area contributed by atoms with Crippen molar-refractivity contribution in [2.75, 3.05) is 5.73 Å². The van der Waals surface area contributed by atoms with Crippen LogP contribution in [-0.4, -0.2) is 4.98 Å². The molecule has 0 spiro atoms. The minimum absolute atomic E-state index is 0.384. The van der Waals surface area contributed by atoms with Crippen molar-refractivity contribution in [3.63, 3.8) is 0 Å². The van der Waals surface area contributed by atoms with E-state index in [2.05, 4.69) is 4.98 Å². The summed E-state index contributed by atoms with van der Waals surface area (Å²) >= 11 is 0. The van der Waals surface area contributed by atoms with Crippen LogP contribution in [0, 0.1) is 18.3 Å². The van der Waals surface area contributed by atoms with Gasteiger partial charge in [-0.25, -0.2) is 0 Å². The number of nitriles is 1. The van der Waals surface area contributed by atoms with E-state index in [0.717, 1.165) is 11.3 Å². The summed E-state index contributed by atoms with van der Waals surface area (Å²) in [6, 6.07) is 3.87. The SMILES string of the molecule is Cc1ccnc(C=CCC#N)c1N. The predicted molar refractivity (Wildman–Crippen MR) is 52.7 cm³/mol. The fraction of sp³-hybridized carbons (Fsp3) is 0.200. The first-order valence-corrected chi connectivity index (χ1v) is 4.00. The molecule has 66 valence electrons. The maximum atomic E-state index is 8.32. The van der Waals surface area contributed by atoms with Gasteiger partial charge < -0.3 is 5.73 Å². The third-order valence-electron chi connectivity index (χ3n) is 1.72. The zero-order chi connectivity index (χ0) is 9.68. The average molecular weight is 173 g/mol. The standard InChI is InChI=1S/C10H11N3/c1-8-5-7-13-9(10(8)12)4-2-3-6-11/h2,4-5,7H,3,12H2,1H3. The second kappa shape index (κ2) is 4.27. The molecule has 0 aromatic carbocycles. The van der Waals surface area contributed by atoms with Crippen LogP contribution < -0.4 is 5.73 Å². The molecular weight excluding hydrogens is 162 g/mol. The zero-order valence-corrected chi connectivity index (χ0v) is 7.49. The zero-order valence-electron chi connectivity index (χ0n) is 7.49. The summed E-state index contributed by atoms with van der Waals surface area (Å²) in [4.78, 5) is 4.09. The number of aromatic nitrogens is 1. The van der Waals surface area contributed by atoms with Crippen LogP contribution in [0.3, 0.4) is 0 Å². The van der Waals surface area contributed by atoms with Crippen LogP contribution in [0.25, 0.3) is 6.08 Å². The number of rotatable bonds is 2. The molecule has 0 aliphatic carbocycles. The summed E-state index contributed by atoms with van der Waals surface area (Å²) in [6.07, 6.45) is 5.61. The molecule has 0 unspecified atom stereocenters. The molecule has 1 aromatic heterocycles. The number of hydrogen-bond donors (Lipinski definition) is 1. The lowest BCUT2D eigenvalue weighted by molar-refractivity contribution is 1.26. The molecule has 0 radical (unpaired) electrons. The van der Waals surface area contributed by atoms with Gasteiger partial charge in [0.2, 0.25) is 0 Å². The van der Waals surface area contributed by atoms with Gasteiger partial charge in [0.15, 0.2) is 0 Å². The van der Waals surface area contributed by atoms with Crippen molar-refractivity contribution in [3.8, 4) is 6.07 Å². The highest BCUT2D eigenvalue weighted by atomic mass is 14.7. The van der Waals surface area contributed by atoms with E-state index in [-0.39, 0.29) is 0 Å². The molecule has 13 heavy (non-hydrogen) atoms. The molecular formula is C10H11N3. The highest BCUT2D eigenvalue weighted by Gasteiger charge is 1.97. The van der Waals surface area contributed by atoms with Gasteiger partial charge in [0.1, 0.15) is 0 Å². The second-order valence-corrected chi connectivity index (χ2v) is 2.69. The maximum absolute atomic E-state index is 8.32. The number of pyridine rings is 1. The van der Waals surface area contributed by atoms with Gasteiger partial charge in [0, 0.05) is 6.20 Å². The molecule has 0 fully saturated rings. The number of anilines is 1. The largest absolute Gasteiger partial charge is 0.397 e. The fourth-order valence-corrected chi connectivity index (χ4v) is 0.947. The van der Waals surface area contributed by atoms with E-state index in [1.165, 1.54) is 0 Å². The van der Waals surface area contributed by atoms with E-state index in [0.29, 0.717) is 12.1 Å². The molecule has 0 amide bonds. The Balaban J connectivity index is 2.90. The molecule has 1 heterocycles. The Labute approximate surface area is 77.5 Å². The first-order valence-electron chi connectivity index (χ1n) is 4.00. The molecule has 0 saturated heterocycles. The number of nitrogens with zero attached hydrogens (tertiary/aromatic N) is 2. The third kappa shape index (κ3) is 2.31. The van der Waals surface area contributed by atoms with Gasteiger partial charge in [-0.3, -0.25) is 4.98 Å². The number of nitrogen functional groups attached to an aromatic ring is 1. The van der Waals surface area contributed by atoms with Crippen molar-refractivity contribution in [3.05, 3.63) is 29.6 Å². The normalized spacial score (nSPS) is 10.2. The minimum Gasteiger partial charge on any atom is -0.397 e. The highest BCUT2D eigenvalue weighted by Crippen LogP contribution is 2.14. The fourth-order valence-electron chi connectivity index (χ4n) is 0.947. The average Bonchev–Trinajstić information content (AvgIpc) is 2.13. The summed E-state index contributed by atoms with van der Waals surface area (Å²) < 4.78 is 0. The molecule has 1 aromatic rings. The molecule has 0 atom stereocenters. The molecule has 1 rings (SSSR count). The molecule has 0 saturated carbocycles. The predicted octanol–water partition coefficient (Wildman–Crippen LogP) is 1.90. The van der Waals surface area contributed by atoms with Gasteiger partial charge >= 0.3 is 0 Å². The van der Waals surface area contributed by atoms with E-state index in [4.69, 9.17) is 11.0 Å². The Morgan fingerprint density at radius 2 is 2.46 bits per heavy atom. The van der Waals surface area contributed by atoms with Crippen LogP contribution in [0.15, 0.2) is 18.3 Å². The number of hydrogen-bond acceptors (Lipinski definition) is 3. The Hall–Kier alpha value is -1.82. The van der Waals surface area contributed by atoms with Gasteiger partial charge in [-0.05, 0) is 24.6 Å². The summed E-state index contributed by atoms with van der Waals surface area (Å²) in [5, 5.41) is 8.32. The molecule has 3 nitrogen and oxygen atoms in total. The van der Waals surface area contributed by atoms with Crippen LogP contribution in [-0.2, 0) is 0 Å². The summed E-state index contributed by atoms with van der Waals surface area (Å²) in [5.41, 5.74) is 8.18. The van der Waals surface area contributed by atoms with E-state index in [1.807, 2.05) is 19.1 Å². The number of nitrogens with two attached hydrogens (primary N) is 1. The second-order valence-electron chi connectivity index (χ2n) is 2.69. The summed E-state index contributed by atoms with van der Waals surface area (Å²) in [6.45, 7) is 1.93. The molecule has 0 aliphatic rings. The Bertz CT molecular complexity index is 361. The van der Waals surface area contributed by atoms with Crippen LogP contribution in [0.5, 0.6) is 0 Å². The van der Waals surface area contributed by atoms with Crippen molar-refractivity contribution < 1.29 is 0 Å². The molecule has 2 N–H and O–H groups in total. The first kappa shape index (κ1) is 9.27.